The first-order valence-electron chi connectivity index (χ1n) is 7.32. The third-order valence-corrected chi connectivity index (χ3v) is 4.17. The van der Waals surface area contributed by atoms with Crippen LogP contribution in [0.3, 0.4) is 0 Å². The minimum Gasteiger partial charge on any atom is -0.325 e. The number of benzene rings is 1. The van der Waals surface area contributed by atoms with Crippen LogP contribution in [-0.4, -0.2) is 44.2 Å². The second-order valence-corrected chi connectivity index (χ2v) is 5.74. The molecular weight excluding hydrogens is 323 g/mol. The predicted octanol–water partition coefficient (Wildman–Crippen LogP) is 2.62. The van der Waals surface area contributed by atoms with E-state index in [1.807, 2.05) is 19.1 Å². The van der Waals surface area contributed by atoms with Crippen molar-refractivity contribution in [3.8, 4) is 5.69 Å². The Balaban J connectivity index is 2.53. The van der Waals surface area contributed by atoms with Crippen LogP contribution < -0.4 is 0 Å². The molecule has 2 rings (SSSR count). The van der Waals surface area contributed by atoms with Gasteiger partial charge in [0.1, 0.15) is 5.54 Å². The summed E-state index contributed by atoms with van der Waals surface area (Å²) in [6, 6.07) is 7.23. The average Bonchev–Trinajstić information content (AvgIpc) is 3.02. The Hall–Kier alpha value is -2.45. The number of carbonyl (C=O) groups is 1. The monoisotopic (exact) mass is 341 g/mol. The summed E-state index contributed by atoms with van der Waals surface area (Å²) >= 11 is 0. The quantitative estimate of drug-likeness (QED) is 0.857. The van der Waals surface area contributed by atoms with Crippen LogP contribution in [0.5, 0.6) is 0 Å². The van der Waals surface area contributed by atoms with Crippen molar-refractivity contribution in [3.63, 3.8) is 0 Å². The molecule has 0 bridgehead atoms. The summed E-state index contributed by atoms with van der Waals surface area (Å²) in [6.45, 7) is 5.07. The SMILES string of the molecule is CC[C@@](C)(c1nnnn1-c1cccc(C)c1)N(C)C(=O)C(F)(F)F. The summed E-state index contributed by atoms with van der Waals surface area (Å²) in [5, 5.41) is 11.4. The Morgan fingerprint density at radius 3 is 2.54 bits per heavy atom. The number of rotatable bonds is 4. The Labute approximate surface area is 137 Å². The Kier molecular flexibility index (Phi) is 4.63. The molecule has 0 saturated heterocycles. The number of hydrogen-bond acceptors (Lipinski definition) is 4. The molecule has 0 aliphatic heterocycles. The summed E-state index contributed by atoms with van der Waals surface area (Å²) < 4.78 is 39.9. The van der Waals surface area contributed by atoms with Crippen LogP contribution in [0.1, 0.15) is 31.7 Å². The first kappa shape index (κ1) is 17.9. The maximum absolute atomic E-state index is 12.8. The molecule has 24 heavy (non-hydrogen) atoms. The van der Waals surface area contributed by atoms with Gasteiger partial charge in [0.2, 0.25) is 0 Å². The molecule has 1 amide bonds. The molecule has 0 radical (unpaired) electrons. The highest BCUT2D eigenvalue weighted by atomic mass is 19.4. The van der Waals surface area contributed by atoms with Gasteiger partial charge in [-0.15, -0.1) is 5.10 Å². The maximum Gasteiger partial charge on any atom is 0.471 e. The highest BCUT2D eigenvalue weighted by molar-refractivity contribution is 5.82. The zero-order valence-electron chi connectivity index (χ0n) is 13.8. The van der Waals surface area contributed by atoms with Gasteiger partial charge in [-0.3, -0.25) is 4.79 Å². The molecule has 9 heteroatoms. The third kappa shape index (κ3) is 3.10. The molecule has 1 atom stereocenters. The van der Waals surface area contributed by atoms with Gasteiger partial charge in [0.15, 0.2) is 5.82 Å². The fourth-order valence-electron chi connectivity index (χ4n) is 2.42. The smallest absolute Gasteiger partial charge is 0.325 e. The van der Waals surface area contributed by atoms with Gasteiger partial charge in [-0.25, -0.2) is 0 Å². The molecule has 0 aliphatic rings. The molecule has 1 aromatic carbocycles. The highest BCUT2D eigenvalue weighted by Crippen LogP contribution is 2.33. The van der Waals surface area contributed by atoms with Crippen molar-refractivity contribution >= 4 is 5.91 Å². The lowest BCUT2D eigenvalue weighted by Gasteiger charge is -2.37. The summed E-state index contributed by atoms with van der Waals surface area (Å²) in [4.78, 5) is 12.3. The van der Waals surface area contributed by atoms with Gasteiger partial charge in [0.05, 0.1) is 5.69 Å². The number of halogens is 3. The van der Waals surface area contributed by atoms with Crippen LogP contribution >= 0.6 is 0 Å². The minimum atomic E-state index is -4.97. The van der Waals surface area contributed by atoms with Gasteiger partial charge in [0, 0.05) is 7.05 Å². The van der Waals surface area contributed by atoms with E-state index >= 15 is 0 Å². The van der Waals surface area contributed by atoms with E-state index in [0.717, 1.165) is 12.6 Å². The van der Waals surface area contributed by atoms with Gasteiger partial charge in [-0.1, -0.05) is 19.1 Å². The first-order chi connectivity index (χ1) is 11.1. The number of alkyl halides is 3. The average molecular weight is 341 g/mol. The van der Waals surface area contributed by atoms with Gasteiger partial charge in [-0.05, 0) is 48.4 Å². The van der Waals surface area contributed by atoms with Gasteiger partial charge in [0.25, 0.3) is 0 Å². The number of nitrogens with zero attached hydrogens (tertiary/aromatic N) is 5. The molecule has 0 aliphatic carbocycles. The lowest BCUT2D eigenvalue weighted by Crippen LogP contribution is -2.51. The fraction of sp³-hybridized carbons (Fsp3) is 0.467. The Morgan fingerprint density at radius 1 is 1.33 bits per heavy atom. The third-order valence-electron chi connectivity index (χ3n) is 4.17. The van der Waals surface area contributed by atoms with E-state index in [1.165, 1.54) is 11.6 Å². The zero-order chi connectivity index (χ0) is 18.1. The van der Waals surface area contributed by atoms with E-state index in [4.69, 9.17) is 0 Å². The summed E-state index contributed by atoms with van der Waals surface area (Å²) in [5.41, 5.74) is 0.245. The van der Waals surface area contributed by atoms with Crippen molar-refractivity contribution in [2.24, 2.45) is 0 Å². The van der Waals surface area contributed by atoms with Crippen molar-refractivity contribution in [1.29, 1.82) is 0 Å². The number of tetrazole rings is 1. The molecule has 1 aromatic heterocycles. The van der Waals surface area contributed by atoms with Gasteiger partial charge < -0.3 is 4.90 Å². The highest BCUT2D eigenvalue weighted by Gasteiger charge is 2.48. The van der Waals surface area contributed by atoms with Crippen molar-refractivity contribution < 1.29 is 18.0 Å². The van der Waals surface area contributed by atoms with Gasteiger partial charge in [-0.2, -0.15) is 17.9 Å². The molecule has 130 valence electrons. The number of aromatic nitrogens is 4. The molecule has 0 fully saturated rings. The first-order valence-corrected chi connectivity index (χ1v) is 7.32. The summed E-state index contributed by atoms with van der Waals surface area (Å²) in [7, 11) is 1.11. The molecule has 0 unspecified atom stereocenters. The second-order valence-electron chi connectivity index (χ2n) is 5.74. The van der Waals surface area contributed by atoms with Gasteiger partial charge >= 0.3 is 12.1 Å². The van der Waals surface area contributed by atoms with Crippen molar-refractivity contribution in [2.75, 3.05) is 7.05 Å². The van der Waals surface area contributed by atoms with Crippen LogP contribution in [0.15, 0.2) is 24.3 Å². The zero-order valence-corrected chi connectivity index (χ0v) is 13.8. The Morgan fingerprint density at radius 2 is 2.00 bits per heavy atom. The van der Waals surface area contributed by atoms with Crippen LogP contribution in [0.4, 0.5) is 13.2 Å². The minimum absolute atomic E-state index is 0.163. The molecule has 0 saturated carbocycles. The van der Waals surface area contributed by atoms with E-state index in [2.05, 4.69) is 15.5 Å². The van der Waals surface area contributed by atoms with Crippen molar-refractivity contribution in [3.05, 3.63) is 35.7 Å². The van der Waals surface area contributed by atoms with Crippen LogP contribution in [0.2, 0.25) is 0 Å². The standard InChI is InChI=1S/C15H18F3N5O/c1-5-14(3,22(4)13(24)15(16,17)18)12-19-20-21-23(12)11-8-6-7-10(2)9-11/h6-9H,5H2,1-4H3/t14-/m0/s1. The number of hydrogen-bond donors (Lipinski definition) is 0. The molecule has 1 heterocycles. The lowest BCUT2D eigenvalue weighted by molar-refractivity contribution is -0.190. The number of carbonyl (C=O) groups excluding carboxylic acids is 1. The van der Waals surface area contributed by atoms with Crippen LogP contribution in [0, 0.1) is 6.92 Å². The summed E-state index contributed by atoms with van der Waals surface area (Å²) in [6.07, 6.45) is -4.76. The Bertz CT molecular complexity index is 743. The van der Waals surface area contributed by atoms with E-state index in [1.54, 1.807) is 19.1 Å². The predicted molar refractivity (Wildman–Crippen MR) is 80.4 cm³/mol. The normalized spacial score (nSPS) is 14.3. The number of amides is 1. The van der Waals surface area contributed by atoms with Crippen LogP contribution in [0.25, 0.3) is 5.69 Å². The van der Waals surface area contributed by atoms with E-state index in [9.17, 15) is 18.0 Å². The van der Waals surface area contributed by atoms with Crippen molar-refractivity contribution in [2.45, 2.75) is 38.9 Å². The molecule has 6 nitrogen and oxygen atoms in total. The fourth-order valence-corrected chi connectivity index (χ4v) is 2.42. The lowest BCUT2D eigenvalue weighted by atomic mass is 9.95. The maximum atomic E-state index is 12.8. The number of aryl methyl sites for hydroxylation is 1. The molecule has 0 N–H and O–H groups in total. The largest absolute Gasteiger partial charge is 0.471 e. The van der Waals surface area contributed by atoms with E-state index < -0.39 is 17.6 Å². The molecule has 0 spiro atoms. The molecule has 2 aromatic rings. The molecular formula is C15H18F3N5O. The second kappa shape index (κ2) is 6.21. The van der Waals surface area contributed by atoms with E-state index in [0.29, 0.717) is 10.6 Å². The summed E-state index contributed by atoms with van der Waals surface area (Å²) in [5.74, 6) is -1.78. The van der Waals surface area contributed by atoms with Crippen LogP contribution in [-0.2, 0) is 10.3 Å². The topological polar surface area (TPSA) is 63.9 Å². The van der Waals surface area contributed by atoms with Crippen molar-refractivity contribution in [1.82, 2.24) is 25.1 Å². The van der Waals surface area contributed by atoms with E-state index in [-0.39, 0.29) is 12.2 Å².